The number of ketones is 1. The maximum Gasteiger partial charge on any atom is 0.211 e. The molecule has 126 valence electrons. The molecule has 0 fully saturated rings. The lowest BCUT2D eigenvalue weighted by Crippen LogP contribution is -2.02. The number of allylic oxidation sites excluding steroid dienone is 1. The highest BCUT2D eigenvalue weighted by Gasteiger charge is 2.28. The summed E-state index contributed by atoms with van der Waals surface area (Å²) in [6.07, 6.45) is 0.815. The van der Waals surface area contributed by atoms with E-state index < -0.39 is 28.6 Å². The molecule has 4 N–H and O–H groups in total. The Morgan fingerprint density at radius 1 is 0.917 bits per heavy atom. The number of aromatic hydroxyl groups is 3. The Morgan fingerprint density at radius 2 is 1.46 bits per heavy atom. The molecule has 0 radical (unpaired) electrons. The Balaban J connectivity index is 2.56. The second-order valence-corrected chi connectivity index (χ2v) is 4.75. The molecule has 0 aliphatic rings. The van der Waals surface area contributed by atoms with Gasteiger partial charge >= 0.3 is 0 Å². The Labute approximate surface area is 137 Å². The van der Waals surface area contributed by atoms with Crippen LogP contribution in [0, 0.1) is 0 Å². The highest BCUT2D eigenvalue weighted by Crippen LogP contribution is 2.52. The van der Waals surface area contributed by atoms with Crippen LogP contribution in [0.4, 0.5) is 0 Å². The third kappa shape index (κ3) is 2.91. The Bertz CT molecular complexity index is 795. The van der Waals surface area contributed by atoms with Gasteiger partial charge in [0, 0.05) is 11.6 Å². The van der Waals surface area contributed by atoms with Gasteiger partial charge in [0.1, 0.15) is 11.3 Å². The zero-order valence-electron chi connectivity index (χ0n) is 13.0. The average Bonchev–Trinajstić information content (AvgIpc) is 2.58. The second-order valence-electron chi connectivity index (χ2n) is 4.75. The first-order valence-electron chi connectivity index (χ1n) is 6.81. The summed E-state index contributed by atoms with van der Waals surface area (Å²) in [7, 11) is 2.39. The van der Waals surface area contributed by atoms with Gasteiger partial charge < -0.3 is 29.9 Å². The normalized spacial score (nSPS) is 11.2. The summed E-state index contributed by atoms with van der Waals surface area (Å²) in [6, 6.07) is 8.22. The SMILES string of the molecule is COc1c(O)c(O)c(C(=O)C=C(O)c2ccccc2)c(O)c1OC. The molecular weight excluding hydrogens is 316 g/mol. The quantitative estimate of drug-likeness (QED) is 0.219. The van der Waals surface area contributed by atoms with Crippen molar-refractivity contribution in [2.45, 2.75) is 0 Å². The summed E-state index contributed by atoms with van der Waals surface area (Å²) in [5.41, 5.74) is -0.248. The summed E-state index contributed by atoms with van der Waals surface area (Å²) in [6.45, 7) is 0. The lowest BCUT2D eigenvalue weighted by Gasteiger charge is -2.15. The lowest BCUT2D eigenvalue weighted by molar-refractivity contribution is 0.103. The first-order valence-corrected chi connectivity index (χ1v) is 6.81. The molecule has 0 aromatic heterocycles. The first-order chi connectivity index (χ1) is 11.4. The number of phenols is 3. The maximum atomic E-state index is 12.3. The van der Waals surface area contributed by atoms with Gasteiger partial charge in [-0.2, -0.15) is 0 Å². The van der Waals surface area contributed by atoms with E-state index in [9.17, 15) is 25.2 Å². The number of benzene rings is 2. The third-order valence-electron chi connectivity index (χ3n) is 3.33. The van der Waals surface area contributed by atoms with Crippen molar-refractivity contribution in [3.63, 3.8) is 0 Å². The molecule has 0 spiro atoms. The fraction of sp³-hybridized carbons (Fsp3) is 0.118. The van der Waals surface area contributed by atoms with Gasteiger partial charge in [0.15, 0.2) is 17.3 Å². The molecule has 2 aromatic carbocycles. The van der Waals surface area contributed by atoms with E-state index in [2.05, 4.69) is 0 Å². The van der Waals surface area contributed by atoms with E-state index >= 15 is 0 Å². The highest BCUT2D eigenvalue weighted by molar-refractivity contribution is 6.12. The van der Waals surface area contributed by atoms with Crippen LogP contribution in [-0.2, 0) is 0 Å². The summed E-state index contributed by atoms with van der Waals surface area (Å²) in [4.78, 5) is 12.3. The molecule has 0 aliphatic heterocycles. The smallest absolute Gasteiger partial charge is 0.211 e. The van der Waals surface area contributed by atoms with Gasteiger partial charge in [0.05, 0.1) is 14.2 Å². The zero-order chi connectivity index (χ0) is 17.9. The number of methoxy groups -OCH3 is 2. The standard InChI is InChI=1S/C17H16O7/c1-23-16-14(21)12(13(20)15(22)17(16)24-2)11(19)8-10(18)9-6-4-3-5-7-9/h3-8,18,20-22H,1-2H3. The summed E-state index contributed by atoms with van der Waals surface area (Å²) in [5.74, 6) is -4.29. The van der Waals surface area contributed by atoms with E-state index in [1.165, 1.54) is 14.2 Å². The molecule has 0 amide bonds. The molecule has 24 heavy (non-hydrogen) atoms. The van der Waals surface area contributed by atoms with E-state index in [1.807, 2.05) is 0 Å². The Hall–Kier alpha value is -3.35. The minimum atomic E-state index is -0.928. The van der Waals surface area contributed by atoms with Crippen LogP contribution in [0.5, 0.6) is 28.7 Å². The van der Waals surface area contributed by atoms with Crippen LogP contribution in [0.15, 0.2) is 36.4 Å². The van der Waals surface area contributed by atoms with Crippen LogP contribution in [0.3, 0.4) is 0 Å². The first kappa shape index (κ1) is 17.0. The molecular formula is C17H16O7. The van der Waals surface area contributed by atoms with Gasteiger partial charge in [-0.25, -0.2) is 0 Å². The van der Waals surface area contributed by atoms with Gasteiger partial charge in [-0.3, -0.25) is 4.79 Å². The van der Waals surface area contributed by atoms with Gasteiger partial charge in [-0.05, 0) is 0 Å². The largest absolute Gasteiger partial charge is 0.507 e. The van der Waals surface area contributed by atoms with Crippen molar-refractivity contribution in [1.82, 2.24) is 0 Å². The van der Waals surface area contributed by atoms with E-state index in [-0.39, 0.29) is 17.3 Å². The topological polar surface area (TPSA) is 116 Å². The van der Waals surface area contributed by atoms with Crippen LogP contribution in [0.2, 0.25) is 0 Å². The number of carbonyl (C=O) groups is 1. The monoisotopic (exact) mass is 332 g/mol. The van der Waals surface area contributed by atoms with E-state index in [0.717, 1.165) is 6.08 Å². The molecule has 7 nitrogen and oxygen atoms in total. The summed E-state index contributed by atoms with van der Waals surface area (Å²) in [5, 5.41) is 40.0. The number of rotatable bonds is 5. The number of aliphatic hydroxyl groups is 1. The van der Waals surface area contributed by atoms with Gasteiger partial charge in [0.25, 0.3) is 0 Å². The Morgan fingerprint density at radius 3 is 2.00 bits per heavy atom. The van der Waals surface area contributed by atoms with Crippen LogP contribution < -0.4 is 9.47 Å². The van der Waals surface area contributed by atoms with Gasteiger partial charge in [-0.15, -0.1) is 0 Å². The zero-order valence-corrected chi connectivity index (χ0v) is 13.0. The molecule has 0 saturated carbocycles. The minimum absolute atomic E-state index is 0.316. The molecule has 0 heterocycles. The van der Waals surface area contributed by atoms with Crippen molar-refractivity contribution in [3.8, 4) is 28.7 Å². The molecule has 0 bridgehead atoms. The lowest BCUT2D eigenvalue weighted by atomic mass is 10.0. The molecule has 2 aromatic rings. The maximum absolute atomic E-state index is 12.3. The number of hydrogen-bond acceptors (Lipinski definition) is 7. The fourth-order valence-corrected chi connectivity index (χ4v) is 2.17. The number of ether oxygens (including phenoxy) is 2. The molecule has 0 aliphatic carbocycles. The predicted molar refractivity (Wildman–Crippen MR) is 85.9 cm³/mol. The van der Waals surface area contributed by atoms with Crippen molar-refractivity contribution in [2.24, 2.45) is 0 Å². The molecule has 0 atom stereocenters. The molecule has 7 heteroatoms. The van der Waals surface area contributed by atoms with Gasteiger partial charge in [0.2, 0.25) is 17.2 Å². The van der Waals surface area contributed by atoms with Crippen molar-refractivity contribution < 1.29 is 34.7 Å². The van der Waals surface area contributed by atoms with E-state index in [1.54, 1.807) is 30.3 Å². The second kappa shape index (κ2) is 6.82. The average molecular weight is 332 g/mol. The molecule has 2 rings (SSSR count). The van der Waals surface area contributed by atoms with Gasteiger partial charge in [-0.1, -0.05) is 30.3 Å². The molecule has 0 saturated heterocycles. The van der Waals surface area contributed by atoms with E-state index in [0.29, 0.717) is 5.56 Å². The van der Waals surface area contributed by atoms with Crippen molar-refractivity contribution >= 4 is 11.5 Å². The molecule has 0 unspecified atom stereocenters. The number of carbonyl (C=O) groups excluding carboxylic acids is 1. The van der Waals surface area contributed by atoms with Crippen molar-refractivity contribution in [1.29, 1.82) is 0 Å². The number of phenolic OH excluding ortho intramolecular Hbond substituents is 3. The third-order valence-corrected chi connectivity index (χ3v) is 3.33. The summed E-state index contributed by atoms with van der Waals surface area (Å²) < 4.78 is 9.74. The highest BCUT2D eigenvalue weighted by atomic mass is 16.5. The number of aliphatic hydroxyl groups excluding tert-OH is 1. The Kier molecular flexibility index (Phi) is 4.84. The van der Waals surface area contributed by atoms with Crippen LogP contribution in [-0.4, -0.2) is 40.4 Å². The fourth-order valence-electron chi connectivity index (χ4n) is 2.17. The van der Waals surface area contributed by atoms with Crippen molar-refractivity contribution in [2.75, 3.05) is 14.2 Å². The predicted octanol–water partition coefficient (Wildman–Crippen LogP) is 2.60. The summed E-state index contributed by atoms with van der Waals surface area (Å²) >= 11 is 0. The van der Waals surface area contributed by atoms with Crippen molar-refractivity contribution in [3.05, 3.63) is 47.5 Å². The van der Waals surface area contributed by atoms with Crippen LogP contribution >= 0.6 is 0 Å². The van der Waals surface area contributed by atoms with Crippen LogP contribution in [0.1, 0.15) is 15.9 Å². The minimum Gasteiger partial charge on any atom is -0.507 e. The van der Waals surface area contributed by atoms with E-state index in [4.69, 9.17) is 9.47 Å². The number of hydrogen-bond donors (Lipinski definition) is 4. The van der Waals surface area contributed by atoms with Crippen LogP contribution in [0.25, 0.3) is 5.76 Å².